The van der Waals surface area contributed by atoms with E-state index in [-0.39, 0.29) is 11.7 Å². The Kier molecular flexibility index (Phi) is 6.19. The summed E-state index contributed by atoms with van der Waals surface area (Å²) in [5.74, 6) is 0.735. The number of piperidine rings is 1. The van der Waals surface area contributed by atoms with Gasteiger partial charge in [-0.25, -0.2) is 0 Å². The van der Waals surface area contributed by atoms with Crippen LogP contribution in [0.5, 0.6) is 5.75 Å². The van der Waals surface area contributed by atoms with Crippen LogP contribution in [-0.4, -0.2) is 28.7 Å². The zero-order valence-corrected chi connectivity index (χ0v) is 18.6. The number of benzene rings is 2. The predicted octanol–water partition coefficient (Wildman–Crippen LogP) is 4.57. The molecule has 168 valence electrons. The summed E-state index contributed by atoms with van der Waals surface area (Å²) in [7, 11) is 0. The average Bonchev–Trinajstić information content (AvgIpc) is 2.90. The van der Waals surface area contributed by atoms with E-state index in [9.17, 15) is 10.1 Å². The number of nitrogens with one attached hydrogen (secondary N) is 1. The van der Waals surface area contributed by atoms with Gasteiger partial charge in [-0.1, -0.05) is 30.3 Å². The van der Waals surface area contributed by atoms with Crippen molar-refractivity contribution in [2.24, 2.45) is 0 Å². The molecule has 0 spiro atoms. The molecule has 0 aliphatic carbocycles. The molecule has 5 rings (SSSR count). The minimum atomic E-state index is -0.207. The Morgan fingerprint density at radius 1 is 0.971 bits per heavy atom. The first kappa shape index (κ1) is 21.6. The van der Waals surface area contributed by atoms with Gasteiger partial charge in [0.05, 0.1) is 23.0 Å². The number of ether oxygens (including phenoxy) is 1. The summed E-state index contributed by atoms with van der Waals surface area (Å²) in [6.45, 7) is 1.88. The number of hydrogen-bond acceptors (Lipinski definition) is 5. The molecular formula is C28H24N4O2. The molecule has 2 aromatic carbocycles. The molecule has 1 N–H and O–H groups in total. The molecule has 6 heteroatoms. The lowest BCUT2D eigenvalue weighted by Gasteiger charge is -2.24. The molecule has 0 unspecified atom stereocenters. The molecule has 1 saturated heterocycles. The number of nitriles is 1. The Labute approximate surface area is 198 Å². The SMILES string of the molecule is N#Cc1ccccc1-c1cc(-c2ccccn2)cn(-c2cccc(OC3CCNCC3)c2)c1=O. The first-order chi connectivity index (χ1) is 16.7. The highest BCUT2D eigenvalue weighted by Gasteiger charge is 2.17. The van der Waals surface area contributed by atoms with Crippen LogP contribution >= 0.6 is 0 Å². The molecule has 0 bridgehead atoms. The largest absolute Gasteiger partial charge is 0.490 e. The van der Waals surface area contributed by atoms with Gasteiger partial charge < -0.3 is 10.1 Å². The third-order valence-electron chi connectivity index (χ3n) is 6.00. The van der Waals surface area contributed by atoms with Crippen molar-refractivity contribution in [1.82, 2.24) is 14.9 Å². The number of nitrogens with zero attached hydrogens (tertiary/aromatic N) is 3. The summed E-state index contributed by atoms with van der Waals surface area (Å²) >= 11 is 0. The maximum absolute atomic E-state index is 13.7. The van der Waals surface area contributed by atoms with Crippen molar-refractivity contribution >= 4 is 0 Å². The smallest absolute Gasteiger partial charge is 0.263 e. The van der Waals surface area contributed by atoms with Gasteiger partial charge >= 0.3 is 0 Å². The molecule has 0 atom stereocenters. The Morgan fingerprint density at radius 3 is 2.59 bits per heavy atom. The second-order valence-electron chi connectivity index (χ2n) is 8.25. The van der Waals surface area contributed by atoms with Crippen molar-refractivity contribution in [3.8, 4) is 39.9 Å². The fraction of sp³-hybridized carbons (Fsp3) is 0.179. The molecular weight excluding hydrogens is 424 g/mol. The van der Waals surface area contributed by atoms with E-state index in [2.05, 4.69) is 16.4 Å². The Hall–Kier alpha value is -4.21. The molecule has 1 aliphatic heterocycles. The third-order valence-corrected chi connectivity index (χ3v) is 6.00. The van der Waals surface area contributed by atoms with Crippen molar-refractivity contribution in [3.63, 3.8) is 0 Å². The van der Waals surface area contributed by atoms with E-state index in [0.717, 1.165) is 42.9 Å². The molecule has 6 nitrogen and oxygen atoms in total. The van der Waals surface area contributed by atoms with Crippen LogP contribution in [0.3, 0.4) is 0 Å². The second-order valence-corrected chi connectivity index (χ2v) is 8.25. The Balaban J connectivity index is 1.64. The van der Waals surface area contributed by atoms with Crippen molar-refractivity contribution in [2.75, 3.05) is 13.1 Å². The van der Waals surface area contributed by atoms with Gasteiger partial charge in [-0.3, -0.25) is 14.3 Å². The zero-order valence-electron chi connectivity index (χ0n) is 18.6. The number of rotatable bonds is 5. The lowest BCUT2D eigenvalue weighted by Crippen LogP contribution is -2.34. The van der Waals surface area contributed by atoms with Gasteiger partial charge in [0.25, 0.3) is 5.56 Å². The van der Waals surface area contributed by atoms with Crippen molar-refractivity contribution < 1.29 is 4.74 Å². The van der Waals surface area contributed by atoms with Gasteiger partial charge in [0.2, 0.25) is 0 Å². The maximum atomic E-state index is 13.7. The van der Waals surface area contributed by atoms with Crippen LogP contribution in [0.1, 0.15) is 18.4 Å². The predicted molar refractivity (Wildman–Crippen MR) is 132 cm³/mol. The highest BCUT2D eigenvalue weighted by molar-refractivity contribution is 5.75. The minimum Gasteiger partial charge on any atom is -0.490 e. The molecule has 0 radical (unpaired) electrons. The number of pyridine rings is 2. The standard InChI is InChI=1S/C28H24N4O2/c29-18-20-6-1-2-9-25(20)26-16-21(27-10-3-4-13-31-27)19-32(28(26)33)22-7-5-8-24(17-22)34-23-11-14-30-15-12-23/h1-10,13,16-17,19,23,30H,11-12,14-15H2. The zero-order chi connectivity index (χ0) is 23.3. The highest BCUT2D eigenvalue weighted by Crippen LogP contribution is 2.27. The van der Waals surface area contributed by atoms with Crippen LogP contribution in [0.4, 0.5) is 0 Å². The van der Waals surface area contributed by atoms with Crippen molar-refractivity contribution in [3.05, 3.63) is 101 Å². The fourth-order valence-electron chi connectivity index (χ4n) is 4.27. The normalized spacial score (nSPS) is 13.9. The van der Waals surface area contributed by atoms with Gasteiger partial charge in [0.15, 0.2) is 0 Å². The highest BCUT2D eigenvalue weighted by atomic mass is 16.5. The molecule has 0 saturated carbocycles. The average molecular weight is 449 g/mol. The second kappa shape index (κ2) is 9.74. The molecule has 4 aromatic rings. The Morgan fingerprint density at radius 2 is 1.79 bits per heavy atom. The molecule has 34 heavy (non-hydrogen) atoms. The third kappa shape index (κ3) is 4.47. The van der Waals surface area contributed by atoms with E-state index in [0.29, 0.717) is 22.4 Å². The fourth-order valence-corrected chi connectivity index (χ4v) is 4.27. The van der Waals surface area contributed by atoms with Crippen LogP contribution in [0.15, 0.2) is 90.0 Å². The summed E-state index contributed by atoms with van der Waals surface area (Å²) in [5.41, 5.74) is 3.52. The van der Waals surface area contributed by atoms with Gasteiger partial charge in [-0.15, -0.1) is 0 Å². The quantitative estimate of drug-likeness (QED) is 0.484. The van der Waals surface area contributed by atoms with Gasteiger partial charge in [-0.05, 0) is 62.3 Å². The van der Waals surface area contributed by atoms with E-state index in [1.807, 2.05) is 54.6 Å². The lowest BCUT2D eigenvalue weighted by molar-refractivity contribution is 0.162. The summed E-state index contributed by atoms with van der Waals surface area (Å²) in [5, 5.41) is 13.0. The van der Waals surface area contributed by atoms with E-state index in [1.54, 1.807) is 35.2 Å². The van der Waals surface area contributed by atoms with Gasteiger partial charge in [-0.2, -0.15) is 5.26 Å². The summed E-state index contributed by atoms with van der Waals surface area (Å²) < 4.78 is 7.83. The summed E-state index contributed by atoms with van der Waals surface area (Å²) in [6.07, 6.45) is 5.59. The van der Waals surface area contributed by atoms with Crippen LogP contribution in [0.2, 0.25) is 0 Å². The van der Waals surface area contributed by atoms with E-state index in [4.69, 9.17) is 4.74 Å². The minimum absolute atomic E-state index is 0.158. The van der Waals surface area contributed by atoms with Crippen LogP contribution in [0.25, 0.3) is 28.1 Å². The van der Waals surface area contributed by atoms with Crippen LogP contribution < -0.4 is 15.6 Å². The Bertz CT molecular complexity index is 1400. The topological polar surface area (TPSA) is 79.9 Å². The van der Waals surface area contributed by atoms with E-state index in [1.165, 1.54) is 0 Å². The number of hydrogen-bond donors (Lipinski definition) is 1. The summed E-state index contributed by atoms with van der Waals surface area (Å²) in [4.78, 5) is 18.2. The first-order valence-electron chi connectivity index (χ1n) is 11.4. The van der Waals surface area contributed by atoms with Crippen LogP contribution in [-0.2, 0) is 0 Å². The molecule has 2 aromatic heterocycles. The monoisotopic (exact) mass is 448 g/mol. The van der Waals surface area contributed by atoms with Crippen LogP contribution in [0, 0.1) is 11.3 Å². The van der Waals surface area contributed by atoms with Gasteiger partial charge in [0.1, 0.15) is 11.9 Å². The molecule has 3 heterocycles. The first-order valence-corrected chi connectivity index (χ1v) is 11.4. The van der Waals surface area contributed by atoms with Crippen molar-refractivity contribution in [1.29, 1.82) is 5.26 Å². The number of aromatic nitrogens is 2. The molecule has 1 fully saturated rings. The molecule has 1 aliphatic rings. The van der Waals surface area contributed by atoms with E-state index >= 15 is 0 Å². The van der Waals surface area contributed by atoms with Crippen molar-refractivity contribution in [2.45, 2.75) is 18.9 Å². The molecule has 0 amide bonds. The van der Waals surface area contributed by atoms with E-state index < -0.39 is 0 Å². The summed E-state index contributed by atoms with van der Waals surface area (Å²) in [6, 6.07) is 24.4. The maximum Gasteiger partial charge on any atom is 0.263 e. The van der Waals surface area contributed by atoms with Gasteiger partial charge in [0, 0.05) is 35.2 Å². The lowest BCUT2D eigenvalue weighted by atomic mass is 9.99.